The van der Waals surface area contributed by atoms with E-state index < -0.39 is 10.2 Å². The Balaban J connectivity index is 3.22. The Morgan fingerprint density at radius 1 is 1.43 bits per heavy atom. The van der Waals surface area contributed by atoms with Crippen molar-refractivity contribution in [2.24, 2.45) is 4.40 Å². The zero-order valence-electron chi connectivity index (χ0n) is 8.29. The minimum Gasteiger partial charge on any atom is -0.294 e. The first-order chi connectivity index (χ1) is 6.37. The van der Waals surface area contributed by atoms with Gasteiger partial charge in [0.05, 0.1) is 11.3 Å². The number of allylic oxidation sites excluding steroid dienone is 2. The molecule has 6 heteroatoms. The van der Waals surface area contributed by atoms with Gasteiger partial charge in [-0.3, -0.25) is 9.52 Å². The standard InChI is InChI=1S/C8H12N2O3S/c1-4-7(11)8-5(2)9-14(12,13)10-6(8)3/h9H,4H2,1-3H3. The average Bonchev–Trinajstić information content (AvgIpc) is 1.99. The van der Waals surface area contributed by atoms with E-state index in [-0.39, 0.29) is 11.5 Å². The fourth-order valence-electron chi connectivity index (χ4n) is 1.35. The Kier molecular flexibility index (Phi) is 2.75. The molecule has 0 aromatic heterocycles. The lowest BCUT2D eigenvalue weighted by Gasteiger charge is -2.16. The molecule has 0 saturated heterocycles. The van der Waals surface area contributed by atoms with Gasteiger partial charge in [-0.05, 0) is 13.8 Å². The molecule has 0 spiro atoms. The third-order valence-corrected chi connectivity index (χ3v) is 2.95. The van der Waals surface area contributed by atoms with Crippen LogP contribution in [-0.2, 0) is 15.0 Å². The maximum absolute atomic E-state index is 11.4. The molecule has 78 valence electrons. The van der Waals surface area contributed by atoms with Gasteiger partial charge in [-0.1, -0.05) is 6.92 Å². The number of carbonyl (C=O) groups excluding carboxylic acids is 1. The van der Waals surface area contributed by atoms with E-state index in [4.69, 9.17) is 0 Å². The smallest absolute Gasteiger partial charge is 0.294 e. The van der Waals surface area contributed by atoms with Gasteiger partial charge >= 0.3 is 10.2 Å². The van der Waals surface area contributed by atoms with Crippen LogP contribution in [0.3, 0.4) is 0 Å². The Bertz CT molecular complexity index is 432. The Labute approximate surface area is 83.1 Å². The van der Waals surface area contributed by atoms with Crippen molar-refractivity contribution in [1.29, 1.82) is 0 Å². The van der Waals surface area contributed by atoms with E-state index in [1.165, 1.54) is 6.92 Å². The molecule has 0 aromatic rings. The summed E-state index contributed by atoms with van der Waals surface area (Å²) < 4.78 is 27.8. The van der Waals surface area contributed by atoms with E-state index in [1.54, 1.807) is 13.8 Å². The largest absolute Gasteiger partial charge is 0.342 e. The second-order valence-electron chi connectivity index (χ2n) is 3.03. The number of hydrogen-bond donors (Lipinski definition) is 1. The molecule has 0 radical (unpaired) electrons. The van der Waals surface area contributed by atoms with Crippen molar-refractivity contribution in [3.05, 3.63) is 11.3 Å². The van der Waals surface area contributed by atoms with Gasteiger partial charge in [-0.2, -0.15) is 8.42 Å². The molecule has 0 fully saturated rings. The predicted molar refractivity (Wildman–Crippen MR) is 53.2 cm³/mol. The van der Waals surface area contributed by atoms with Crippen LogP contribution in [0.5, 0.6) is 0 Å². The number of Topliss-reactive ketones (excluding diaryl/α,β-unsaturated/α-hetero) is 1. The fraction of sp³-hybridized carbons (Fsp3) is 0.500. The van der Waals surface area contributed by atoms with Crippen LogP contribution in [0.1, 0.15) is 27.2 Å². The van der Waals surface area contributed by atoms with Gasteiger partial charge < -0.3 is 0 Å². The molecule has 1 rings (SSSR count). The summed E-state index contributed by atoms with van der Waals surface area (Å²) in [4.78, 5) is 11.4. The third kappa shape index (κ3) is 2.01. The molecule has 0 unspecified atom stereocenters. The molecule has 5 nitrogen and oxygen atoms in total. The van der Waals surface area contributed by atoms with Gasteiger partial charge in [-0.25, -0.2) is 0 Å². The van der Waals surface area contributed by atoms with Gasteiger partial charge in [0.25, 0.3) is 0 Å². The summed E-state index contributed by atoms with van der Waals surface area (Å²) in [5.74, 6) is -0.105. The van der Waals surface area contributed by atoms with E-state index in [2.05, 4.69) is 9.12 Å². The Hall–Kier alpha value is -1.17. The SMILES string of the molecule is CCC(=O)C1=C(C)NS(=O)(=O)N=C1C. The molecule has 0 aromatic carbocycles. The van der Waals surface area contributed by atoms with Gasteiger partial charge in [-0.15, -0.1) is 4.40 Å². The molecule has 0 amide bonds. The first-order valence-corrected chi connectivity index (χ1v) is 5.65. The van der Waals surface area contributed by atoms with Crippen LogP contribution in [0.25, 0.3) is 0 Å². The molecule has 14 heavy (non-hydrogen) atoms. The number of ketones is 1. The second-order valence-corrected chi connectivity index (χ2v) is 4.37. The maximum atomic E-state index is 11.4. The summed E-state index contributed by atoms with van der Waals surface area (Å²) >= 11 is 0. The zero-order valence-corrected chi connectivity index (χ0v) is 9.10. The third-order valence-electron chi connectivity index (χ3n) is 1.88. The number of nitrogens with zero attached hydrogens (tertiary/aromatic N) is 1. The van der Waals surface area contributed by atoms with Crippen LogP contribution < -0.4 is 4.72 Å². The molecule has 0 atom stereocenters. The van der Waals surface area contributed by atoms with E-state index in [1.807, 2.05) is 0 Å². The molecular weight excluding hydrogens is 204 g/mol. The fourth-order valence-corrected chi connectivity index (χ4v) is 2.34. The highest BCUT2D eigenvalue weighted by atomic mass is 32.2. The van der Waals surface area contributed by atoms with Crippen molar-refractivity contribution in [3.8, 4) is 0 Å². The first-order valence-electron chi connectivity index (χ1n) is 4.21. The highest BCUT2D eigenvalue weighted by Gasteiger charge is 2.23. The van der Waals surface area contributed by atoms with Gasteiger partial charge in [0.1, 0.15) is 0 Å². The number of rotatable bonds is 2. The van der Waals surface area contributed by atoms with Crippen molar-refractivity contribution in [1.82, 2.24) is 4.72 Å². The summed E-state index contributed by atoms with van der Waals surface area (Å²) in [6.07, 6.45) is 0.335. The monoisotopic (exact) mass is 216 g/mol. The van der Waals surface area contributed by atoms with Gasteiger partial charge in [0, 0.05) is 12.1 Å². The summed E-state index contributed by atoms with van der Waals surface area (Å²) in [5.41, 5.74) is 0.986. The minimum absolute atomic E-state index is 0.105. The number of nitrogens with one attached hydrogen (secondary N) is 1. The lowest BCUT2D eigenvalue weighted by atomic mass is 10.0. The zero-order chi connectivity index (χ0) is 10.9. The van der Waals surface area contributed by atoms with E-state index in [0.717, 1.165) is 0 Å². The number of hydrogen-bond acceptors (Lipinski definition) is 3. The second kappa shape index (κ2) is 3.53. The molecule has 1 aliphatic heterocycles. The Morgan fingerprint density at radius 3 is 2.43 bits per heavy atom. The maximum Gasteiger partial charge on any atom is 0.342 e. The summed E-state index contributed by atoms with van der Waals surface area (Å²) in [6.45, 7) is 4.79. The van der Waals surface area contributed by atoms with E-state index in [0.29, 0.717) is 17.7 Å². The van der Waals surface area contributed by atoms with Gasteiger partial charge in [0.2, 0.25) is 0 Å². The lowest BCUT2D eigenvalue weighted by Crippen LogP contribution is -2.30. The average molecular weight is 216 g/mol. The van der Waals surface area contributed by atoms with Crippen LogP contribution >= 0.6 is 0 Å². The van der Waals surface area contributed by atoms with Gasteiger partial charge in [0.15, 0.2) is 5.78 Å². The van der Waals surface area contributed by atoms with Crippen LogP contribution in [0.15, 0.2) is 15.7 Å². The highest BCUT2D eigenvalue weighted by Crippen LogP contribution is 2.15. The minimum atomic E-state index is -3.63. The van der Waals surface area contributed by atoms with Crippen LogP contribution in [0.4, 0.5) is 0 Å². The molecule has 0 saturated carbocycles. The molecule has 0 bridgehead atoms. The molecule has 0 aliphatic carbocycles. The summed E-state index contributed by atoms with van der Waals surface area (Å²) in [5, 5.41) is 0. The first kappa shape index (κ1) is 10.9. The molecule has 1 aliphatic rings. The number of carbonyl (C=O) groups is 1. The summed E-state index contributed by atoms with van der Waals surface area (Å²) in [6, 6.07) is 0. The van der Waals surface area contributed by atoms with Crippen LogP contribution in [0.2, 0.25) is 0 Å². The topological polar surface area (TPSA) is 75.6 Å². The van der Waals surface area contributed by atoms with Crippen LogP contribution in [0, 0.1) is 0 Å². The van der Waals surface area contributed by atoms with Crippen molar-refractivity contribution < 1.29 is 13.2 Å². The van der Waals surface area contributed by atoms with Crippen LogP contribution in [-0.4, -0.2) is 19.9 Å². The normalized spacial score (nSPS) is 20.1. The summed E-state index contributed by atoms with van der Waals surface area (Å²) in [7, 11) is -3.63. The van der Waals surface area contributed by atoms with E-state index >= 15 is 0 Å². The predicted octanol–water partition coefficient (Wildman–Crippen LogP) is 0.548. The molecule has 1 N–H and O–H groups in total. The highest BCUT2D eigenvalue weighted by molar-refractivity contribution is 7.88. The van der Waals surface area contributed by atoms with Crippen molar-refractivity contribution in [3.63, 3.8) is 0 Å². The van der Waals surface area contributed by atoms with Crippen molar-refractivity contribution in [2.45, 2.75) is 27.2 Å². The Morgan fingerprint density at radius 2 is 2.00 bits per heavy atom. The molecular formula is C8H12N2O3S. The quantitative estimate of drug-likeness (QED) is 0.732. The van der Waals surface area contributed by atoms with Crippen molar-refractivity contribution in [2.75, 3.05) is 0 Å². The molecule has 1 heterocycles. The lowest BCUT2D eigenvalue weighted by molar-refractivity contribution is -0.114. The van der Waals surface area contributed by atoms with E-state index in [9.17, 15) is 13.2 Å². The van der Waals surface area contributed by atoms with Crippen molar-refractivity contribution >= 4 is 21.7 Å².